The van der Waals surface area contributed by atoms with Gasteiger partial charge < -0.3 is 4.57 Å². The summed E-state index contributed by atoms with van der Waals surface area (Å²) < 4.78 is 5.43. The first kappa shape index (κ1) is 19.7. The molecule has 2 aliphatic carbocycles. The molecular formula is C33H25NS. The Labute approximate surface area is 208 Å². The predicted molar refractivity (Wildman–Crippen MR) is 154 cm³/mol. The molecule has 0 N–H and O–H groups in total. The molecule has 0 bridgehead atoms. The molecular weight excluding hydrogens is 442 g/mol. The van der Waals surface area contributed by atoms with Gasteiger partial charge in [-0.25, -0.2) is 0 Å². The number of benzene rings is 4. The highest BCUT2D eigenvalue weighted by molar-refractivity contribution is 7.26. The lowest BCUT2D eigenvalue weighted by molar-refractivity contribution is 0.554. The van der Waals surface area contributed by atoms with E-state index in [1.807, 2.05) is 11.3 Å². The molecule has 8 rings (SSSR count). The summed E-state index contributed by atoms with van der Waals surface area (Å²) in [7, 11) is 0. The molecule has 0 spiro atoms. The van der Waals surface area contributed by atoms with Crippen LogP contribution in [0.4, 0.5) is 0 Å². The van der Waals surface area contributed by atoms with Crippen LogP contribution in [0.3, 0.4) is 0 Å². The number of fused-ring (bicyclic) bond motifs is 9. The van der Waals surface area contributed by atoms with E-state index in [1.165, 1.54) is 63.9 Å². The van der Waals surface area contributed by atoms with Crippen molar-refractivity contribution >= 4 is 70.2 Å². The number of hydrogen-bond donors (Lipinski definition) is 0. The van der Waals surface area contributed by atoms with Crippen molar-refractivity contribution in [1.82, 2.24) is 4.57 Å². The highest BCUT2D eigenvalue weighted by atomic mass is 32.1. The lowest BCUT2D eigenvalue weighted by Crippen LogP contribution is -2.09. The molecule has 2 heterocycles. The van der Waals surface area contributed by atoms with E-state index in [-0.39, 0.29) is 0 Å². The summed E-state index contributed by atoms with van der Waals surface area (Å²) in [6.45, 7) is 1.01. The van der Waals surface area contributed by atoms with E-state index in [9.17, 15) is 0 Å². The minimum absolute atomic E-state index is 0.528. The number of aryl methyl sites for hydroxylation is 1. The smallest absolute Gasteiger partial charge is 0.0506 e. The normalized spacial score (nSPS) is 17.4. The molecule has 168 valence electrons. The second-order valence-electron chi connectivity index (χ2n) is 10.1. The molecule has 0 amide bonds. The fourth-order valence-corrected chi connectivity index (χ4v) is 7.48. The predicted octanol–water partition coefficient (Wildman–Crippen LogP) is 9.41. The van der Waals surface area contributed by atoms with Gasteiger partial charge in [0.25, 0.3) is 0 Å². The molecule has 1 unspecified atom stereocenters. The van der Waals surface area contributed by atoms with E-state index in [4.69, 9.17) is 0 Å². The third-order valence-corrected chi connectivity index (χ3v) is 9.18. The Morgan fingerprint density at radius 1 is 0.800 bits per heavy atom. The summed E-state index contributed by atoms with van der Waals surface area (Å²) in [5.74, 6) is 0.528. The number of thiophene rings is 1. The summed E-state index contributed by atoms with van der Waals surface area (Å²) in [5.41, 5.74) is 5.65. The van der Waals surface area contributed by atoms with Crippen molar-refractivity contribution < 1.29 is 0 Å². The van der Waals surface area contributed by atoms with Crippen LogP contribution < -0.4 is 0 Å². The van der Waals surface area contributed by atoms with Gasteiger partial charge in [0.05, 0.1) is 5.52 Å². The van der Waals surface area contributed by atoms with Crippen LogP contribution >= 0.6 is 11.3 Å². The van der Waals surface area contributed by atoms with Crippen molar-refractivity contribution in [2.24, 2.45) is 5.92 Å². The van der Waals surface area contributed by atoms with Crippen LogP contribution in [0.15, 0.2) is 91.0 Å². The minimum Gasteiger partial charge on any atom is -0.340 e. The van der Waals surface area contributed by atoms with Crippen LogP contribution in [-0.2, 0) is 13.0 Å². The molecule has 2 aromatic heterocycles. The van der Waals surface area contributed by atoms with E-state index >= 15 is 0 Å². The van der Waals surface area contributed by atoms with Crippen molar-refractivity contribution in [3.63, 3.8) is 0 Å². The fraction of sp³-hybridized carbons (Fsp3) is 0.152. The maximum Gasteiger partial charge on any atom is 0.0506 e. The third kappa shape index (κ3) is 2.93. The second kappa shape index (κ2) is 7.44. The van der Waals surface area contributed by atoms with Crippen LogP contribution in [0.1, 0.15) is 24.0 Å². The molecule has 35 heavy (non-hydrogen) atoms. The van der Waals surface area contributed by atoms with Crippen molar-refractivity contribution in [3.8, 4) is 0 Å². The molecule has 4 aromatic carbocycles. The Morgan fingerprint density at radius 3 is 2.54 bits per heavy atom. The van der Waals surface area contributed by atoms with Gasteiger partial charge in [-0.1, -0.05) is 72.9 Å². The lowest BCUT2D eigenvalue weighted by Gasteiger charge is -2.16. The molecule has 0 saturated carbocycles. The molecule has 2 aliphatic rings. The summed E-state index contributed by atoms with van der Waals surface area (Å²) in [6, 6.07) is 23.3. The van der Waals surface area contributed by atoms with Gasteiger partial charge in [0.1, 0.15) is 0 Å². The molecule has 2 heteroatoms. The molecule has 0 fully saturated rings. The van der Waals surface area contributed by atoms with Crippen LogP contribution in [-0.4, -0.2) is 4.57 Å². The van der Waals surface area contributed by atoms with Gasteiger partial charge in [-0.2, -0.15) is 0 Å². The first-order chi connectivity index (χ1) is 17.3. The number of nitrogens with zero attached hydrogens (tertiary/aromatic N) is 1. The number of rotatable bonds is 2. The van der Waals surface area contributed by atoms with Gasteiger partial charge in [0, 0.05) is 43.0 Å². The molecule has 1 nitrogen and oxygen atoms in total. The Bertz CT molecular complexity index is 1910. The van der Waals surface area contributed by atoms with E-state index in [0.29, 0.717) is 5.92 Å². The zero-order valence-corrected chi connectivity index (χ0v) is 20.3. The maximum atomic E-state index is 2.59. The van der Waals surface area contributed by atoms with Gasteiger partial charge in [-0.15, -0.1) is 11.3 Å². The topological polar surface area (TPSA) is 4.93 Å². The first-order valence-electron chi connectivity index (χ1n) is 12.7. The monoisotopic (exact) mass is 467 g/mol. The second-order valence-corrected chi connectivity index (χ2v) is 11.1. The van der Waals surface area contributed by atoms with E-state index in [0.717, 1.165) is 25.8 Å². The number of hydrogen-bond acceptors (Lipinski definition) is 1. The Balaban J connectivity index is 1.46. The van der Waals surface area contributed by atoms with Crippen molar-refractivity contribution in [2.75, 3.05) is 0 Å². The molecule has 0 saturated heterocycles. The average molecular weight is 468 g/mol. The molecule has 0 radical (unpaired) electrons. The Hall–Kier alpha value is -3.62. The summed E-state index contributed by atoms with van der Waals surface area (Å²) in [6.07, 6.45) is 17.2. The highest BCUT2D eigenvalue weighted by Gasteiger charge is 2.19. The summed E-state index contributed by atoms with van der Waals surface area (Å²) in [5, 5.41) is 8.17. The molecule has 0 aliphatic heterocycles. The number of allylic oxidation sites excluding steroid dienone is 5. The van der Waals surface area contributed by atoms with Crippen molar-refractivity contribution in [1.29, 1.82) is 0 Å². The highest BCUT2D eigenvalue weighted by Crippen LogP contribution is 2.43. The van der Waals surface area contributed by atoms with Crippen LogP contribution in [0.2, 0.25) is 0 Å². The van der Waals surface area contributed by atoms with Crippen molar-refractivity contribution in [2.45, 2.75) is 25.8 Å². The van der Waals surface area contributed by atoms with Crippen LogP contribution in [0.25, 0.3) is 58.8 Å². The molecule has 1 atom stereocenters. The first-order valence-corrected chi connectivity index (χ1v) is 13.5. The van der Waals surface area contributed by atoms with Gasteiger partial charge in [-0.3, -0.25) is 0 Å². The summed E-state index contributed by atoms with van der Waals surface area (Å²) >= 11 is 1.97. The zero-order valence-electron chi connectivity index (χ0n) is 19.5. The quantitative estimate of drug-likeness (QED) is 0.239. The largest absolute Gasteiger partial charge is 0.340 e. The summed E-state index contributed by atoms with van der Waals surface area (Å²) in [4.78, 5) is 0. The maximum absolute atomic E-state index is 2.59. The average Bonchev–Trinajstić information content (AvgIpc) is 3.42. The van der Waals surface area contributed by atoms with Gasteiger partial charge in [0.2, 0.25) is 0 Å². The SMILES string of the molecule is C1=CCC(Cn2c3cc4ccccc4cc3c3cc4c(cc32)sc2c3c(ccc24)CCC=C3)C=C1. The lowest BCUT2D eigenvalue weighted by atomic mass is 9.95. The Morgan fingerprint density at radius 2 is 1.66 bits per heavy atom. The zero-order chi connectivity index (χ0) is 22.9. The minimum atomic E-state index is 0.528. The van der Waals surface area contributed by atoms with Gasteiger partial charge in [0.15, 0.2) is 0 Å². The van der Waals surface area contributed by atoms with E-state index < -0.39 is 0 Å². The number of aromatic nitrogens is 1. The third-order valence-electron chi connectivity index (χ3n) is 7.97. The van der Waals surface area contributed by atoms with Crippen LogP contribution in [0.5, 0.6) is 0 Å². The molecule has 6 aromatic rings. The fourth-order valence-electron chi connectivity index (χ4n) is 6.21. The van der Waals surface area contributed by atoms with Crippen LogP contribution in [0, 0.1) is 5.92 Å². The van der Waals surface area contributed by atoms with Gasteiger partial charge >= 0.3 is 0 Å². The van der Waals surface area contributed by atoms with Crippen molar-refractivity contribution in [3.05, 3.63) is 102 Å². The van der Waals surface area contributed by atoms with Gasteiger partial charge in [-0.05, 0) is 71.3 Å². The van der Waals surface area contributed by atoms with E-state index in [1.54, 1.807) is 0 Å². The van der Waals surface area contributed by atoms with E-state index in [2.05, 4.69) is 102 Å². The Kier molecular flexibility index (Phi) is 4.18. The standard InChI is InChI=1S/C33H25NS/c1-2-8-21(9-3-1)20-34-30-17-24-12-5-4-11-23(24)16-27(30)28-18-29-26-15-14-22-10-6-7-13-25(22)33(26)35-32(29)19-31(28)34/h1-5,7-8,11-19,21H,6,9-10,20H2.